The second kappa shape index (κ2) is 7.85. The van der Waals surface area contributed by atoms with Crippen molar-refractivity contribution < 1.29 is 19.1 Å². The molecule has 0 aromatic heterocycles. The Hall–Kier alpha value is -1.10. The zero-order valence-electron chi connectivity index (χ0n) is 15.0. The lowest BCUT2D eigenvalue weighted by atomic mass is 9.87. The maximum Gasteiger partial charge on any atom is 0.311 e. The number of esters is 1. The van der Waals surface area contributed by atoms with E-state index in [1.165, 1.54) is 12.8 Å². The van der Waals surface area contributed by atoms with Gasteiger partial charge in [-0.2, -0.15) is 0 Å². The highest BCUT2D eigenvalue weighted by atomic mass is 16.5. The van der Waals surface area contributed by atoms with Crippen molar-refractivity contribution in [1.29, 1.82) is 0 Å². The molecule has 5 nitrogen and oxygen atoms in total. The minimum atomic E-state index is -0.278. The van der Waals surface area contributed by atoms with Gasteiger partial charge in [-0.15, -0.1) is 0 Å². The van der Waals surface area contributed by atoms with Crippen molar-refractivity contribution in [3.05, 3.63) is 0 Å². The summed E-state index contributed by atoms with van der Waals surface area (Å²) in [6, 6.07) is 0.332. The summed E-state index contributed by atoms with van der Waals surface area (Å²) in [6.07, 6.45) is 8.77. The third kappa shape index (κ3) is 4.11. The monoisotopic (exact) mass is 337 g/mol. The van der Waals surface area contributed by atoms with Crippen LogP contribution < -0.4 is 0 Å². The normalized spacial score (nSPS) is 37.5. The predicted molar refractivity (Wildman–Crippen MR) is 90.4 cm³/mol. The third-order valence-electron chi connectivity index (χ3n) is 6.11. The number of hydrogen-bond donors (Lipinski definition) is 0. The highest BCUT2D eigenvalue weighted by Crippen LogP contribution is 2.32. The van der Waals surface area contributed by atoms with E-state index in [0.29, 0.717) is 19.0 Å². The van der Waals surface area contributed by atoms with Gasteiger partial charge in [-0.3, -0.25) is 9.59 Å². The Balaban J connectivity index is 1.50. The van der Waals surface area contributed by atoms with Gasteiger partial charge >= 0.3 is 5.97 Å². The zero-order chi connectivity index (χ0) is 17.1. The average molecular weight is 337 g/mol. The van der Waals surface area contributed by atoms with Gasteiger partial charge in [-0.05, 0) is 50.9 Å². The fourth-order valence-electron chi connectivity index (χ4n) is 4.48. The Morgan fingerprint density at radius 2 is 1.79 bits per heavy atom. The van der Waals surface area contributed by atoms with Crippen LogP contribution in [0.5, 0.6) is 0 Å². The SMILES string of the molecule is CO[C@@H]1CCC[C@H](OC(=O)[C@H]2CC(=O)N(C3CCC(C)CC3)C2)C1. The fourth-order valence-corrected chi connectivity index (χ4v) is 4.48. The Bertz CT molecular complexity index is 458. The van der Waals surface area contributed by atoms with Gasteiger partial charge < -0.3 is 14.4 Å². The van der Waals surface area contributed by atoms with Crippen LogP contribution in [0.15, 0.2) is 0 Å². The van der Waals surface area contributed by atoms with Gasteiger partial charge in [0.05, 0.1) is 12.0 Å². The molecule has 24 heavy (non-hydrogen) atoms. The van der Waals surface area contributed by atoms with Crippen LogP contribution >= 0.6 is 0 Å². The van der Waals surface area contributed by atoms with E-state index in [9.17, 15) is 9.59 Å². The van der Waals surface area contributed by atoms with E-state index < -0.39 is 0 Å². The van der Waals surface area contributed by atoms with Crippen molar-refractivity contribution in [2.75, 3.05) is 13.7 Å². The standard InChI is InChI=1S/C19H31NO4/c1-13-6-8-15(9-7-13)20-12-14(10-18(20)21)19(22)24-17-5-3-4-16(11-17)23-2/h13-17H,3-12H2,1-2H3/t13?,14-,15?,16+,17-/m0/s1. The van der Waals surface area contributed by atoms with Gasteiger partial charge in [0.2, 0.25) is 5.91 Å². The third-order valence-corrected chi connectivity index (χ3v) is 6.11. The summed E-state index contributed by atoms with van der Waals surface area (Å²) >= 11 is 0. The summed E-state index contributed by atoms with van der Waals surface area (Å²) in [5.74, 6) is 0.436. The molecule has 0 unspecified atom stereocenters. The summed E-state index contributed by atoms with van der Waals surface area (Å²) in [7, 11) is 1.72. The molecule has 136 valence electrons. The van der Waals surface area contributed by atoms with Crippen LogP contribution in [0.2, 0.25) is 0 Å². The smallest absolute Gasteiger partial charge is 0.311 e. The molecule has 2 saturated carbocycles. The molecule has 1 heterocycles. The topological polar surface area (TPSA) is 55.8 Å². The van der Waals surface area contributed by atoms with Gasteiger partial charge in [0, 0.05) is 32.5 Å². The molecule has 3 atom stereocenters. The van der Waals surface area contributed by atoms with E-state index in [1.807, 2.05) is 4.90 Å². The lowest BCUT2D eigenvalue weighted by Gasteiger charge is -2.33. The van der Waals surface area contributed by atoms with Crippen molar-refractivity contribution in [2.45, 2.75) is 83.0 Å². The van der Waals surface area contributed by atoms with E-state index >= 15 is 0 Å². The van der Waals surface area contributed by atoms with Gasteiger partial charge in [0.15, 0.2) is 0 Å². The molecule has 3 rings (SSSR count). The quantitative estimate of drug-likeness (QED) is 0.740. The second-order valence-electron chi connectivity index (χ2n) is 7.94. The van der Waals surface area contributed by atoms with Crippen LogP contribution in [-0.4, -0.2) is 48.7 Å². The summed E-state index contributed by atoms with van der Waals surface area (Å²) in [4.78, 5) is 26.8. The van der Waals surface area contributed by atoms with Crippen LogP contribution in [0.3, 0.4) is 0 Å². The first-order chi connectivity index (χ1) is 11.6. The number of rotatable bonds is 4. The van der Waals surface area contributed by atoms with Crippen LogP contribution in [0.4, 0.5) is 0 Å². The second-order valence-corrected chi connectivity index (χ2v) is 7.94. The van der Waals surface area contributed by atoms with E-state index in [-0.39, 0.29) is 30.0 Å². The number of carbonyl (C=O) groups excluding carboxylic acids is 2. The molecule has 1 amide bonds. The van der Waals surface area contributed by atoms with Gasteiger partial charge in [0.25, 0.3) is 0 Å². The first-order valence-corrected chi connectivity index (χ1v) is 9.59. The van der Waals surface area contributed by atoms with E-state index in [0.717, 1.165) is 44.4 Å². The number of hydrogen-bond acceptors (Lipinski definition) is 4. The summed E-state index contributed by atoms with van der Waals surface area (Å²) < 4.78 is 11.1. The minimum absolute atomic E-state index is 0.0455. The molecule has 2 aliphatic carbocycles. The largest absolute Gasteiger partial charge is 0.462 e. The van der Waals surface area contributed by atoms with E-state index in [4.69, 9.17) is 9.47 Å². The summed E-state index contributed by atoms with van der Waals surface area (Å²) in [6.45, 7) is 2.83. The molecule has 0 bridgehead atoms. The minimum Gasteiger partial charge on any atom is -0.462 e. The van der Waals surface area contributed by atoms with Crippen molar-refractivity contribution in [3.8, 4) is 0 Å². The van der Waals surface area contributed by atoms with Crippen molar-refractivity contribution in [1.82, 2.24) is 4.90 Å². The number of ether oxygens (including phenoxy) is 2. The molecule has 3 aliphatic rings. The maximum atomic E-state index is 12.5. The Labute approximate surface area is 145 Å². The van der Waals surface area contributed by atoms with Crippen molar-refractivity contribution >= 4 is 11.9 Å². The molecular formula is C19H31NO4. The van der Waals surface area contributed by atoms with Crippen LogP contribution in [0.1, 0.15) is 64.7 Å². The molecule has 5 heteroatoms. The molecule has 0 radical (unpaired) electrons. The molecule has 0 N–H and O–H groups in total. The maximum absolute atomic E-state index is 12.5. The highest BCUT2D eigenvalue weighted by molar-refractivity contribution is 5.87. The Morgan fingerprint density at radius 1 is 1.08 bits per heavy atom. The van der Waals surface area contributed by atoms with Gasteiger partial charge in [-0.25, -0.2) is 0 Å². The molecule has 3 fully saturated rings. The first kappa shape index (κ1) is 17.7. The molecule has 1 saturated heterocycles. The van der Waals surface area contributed by atoms with Crippen LogP contribution in [0.25, 0.3) is 0 Å². The predicted octanol–water partition coefficient (Wildman–Crippen LogP) is 2.91. The highest BCUT2D eigenvalue weighted by Gasteiger charge is 2.40. The Morgan fingerprint density at radius 3 is 2.50 bits per heavy atom. The number of likely N-dealkylation sites (tertiary alicyclic amines) is 1. The molecule has 0 spiro atoms. The van der Waals surface area contributed by atoms with Crippen molar-refractivity contribution in [3.63, 3.8) is 0 Å². The number of carbonyl (C=O) groups is 2. The zero-order valence-corrected chi connectivity index (χ0v) is 15.0. The first-order valence-electron chi connectivity index (χ1n) is 9.59. The molecule has 0 aromatic rings. The average Bonchev–Trinajstić information content (AvgIpc) is 2.98. The molecular weight excluding hydrogens is 306 g/mol. The Kier molecular flexibility index (Phi) is 5.80. The number of methoxy groups -OCH3 is 1. The molecule has 1 aliphatic heterocycles. The lowest BCUT2D eigenvalue weighted by Crippen LogP contribution is -2.39. The number of nitrogens with zero attached hydrogens (tertiary/aromatic N) is 1. The van der Waals surface area contributed by atoms with Gasteiger partial charge in [-0.1, -0.05) is 6.92 Å². The van der Waals surface area contributed by atoms with Crippen molar-refractivity contribution in [2.24, 2.45) is 11.8 Å². The van der Waals surface area contributed by atoms with Crippen LogP contribution in [0, 0.1) is 11.8 Å². The van der Waals surface area contributed by atoms with E-state index in [1.54, 1.807) is 7.11 Å². The summed E-state index contributed by atoms with van der Waals surface area (Å²) in [5.41, 5.74) is 0. The number of amides is 1. The lowest BCUT2D eigenvalue weighted by molar-refractivity contribution is -0.157. The fraction of sp³-hybridized carbons (Fsp3) is 0.895. The van der Waals surface area contributed by atoms with Crippen LogP contribution in [-0.2, 0) is 19.1 Å². The summed E-state index contributed by atoms with van der Waals surface area (Å²) in [5, 5.41) is 0. The molecule has 0 aromatic carbocycles. The van der Waals surface area contributed by atoms with Gasteiger partial charge in [0.1, 0.15) is 6.10 Å². The van der Waals surface area contributed by atoms with E-state index in [2.05, 4.69) is 6.92 Å².